The summed E-state index contributed by atoms with van der Waals surface area (Å²) in [6.07, 6.45) is 5.06. The van der Waals surface area contributed by atoms with E-state index in [9.17, 15) is 8.78 Å². The van der Waals surface area contributed by atoms with Gasteiger partial charge in [0.05, 0.1) is 6.20 Å². The Bertz CT molecular complexity index is 463. The van der Waals surface area contributed by atoms with Crippen LogP contribution in [-0.2, 0) is 7.05 Å². The molecule has 2 nitrogen and oxygen atoms in total. The number of aryl methyl sites for hydroxylation is 3. The fourth-order valence-corrected chi connectivity index (χ4v) is 1.14. The highest BCUT2D eigenvalue weighted by molar-refractivity contribution is 5.15. The first-order valence-corrected chi connectivity index (χ1v) is 7.27. The van der Waals surface area contributed by atoms with Gasteiger partial charge >= 0.3 is 0 Å². The topological polar surface area (TPSA) is 17.8 Å². The molecule has 0 aliphatic heterocycles. The van der Waals surface area contributed by atoms with Crippen LogP contribution in [0.5, 0.6) is 0 Å². The molecule has 120 valence electrons. The van der Waals surface area contributed by atoms with E-state index in [-0.39, 0.29) is 0 Å². The molecule has 0 aliphatic carbocycles. The van der Waals surface area contributed by atoms with Crippen molar-refractivity contribution >= 4 is 0 Å². The third-order valence-electron chi connectivity index (χ3n) is 1.91. The molecule has 4 heteroatoms. The zero-order valence-corrected chi connectivity index (χ0v) is 14.2. The van der Waals surface area contributed by atoms with E-state index in [2.05, 4.69) is 18.9 Å². The molecular weight excluding hydrogens is 270 g/mol. The third kappa shape index (κ3) is 11.8. The molecule has 1 heterocycles. The van der Waals surface area contributed by atoms with Gasteiger partial charge in [-0.3, -0.25) is 4.68 Å². The maximum atomic E-state index is 12.2. The first kappa shape index (κ1) is 21.6. The van der Waals surface area contributed by atoms with Crippen molar-refractivity contribution in [3.8, 4) is 0 Å². The first-order valence-electron chi connectivity index (χ1n) is 7.27. The SMILES string of the molecule is CC.CCC.Cc1ccc(F)c(F)c1.Cc1cnn(C)c1. The van der Waals surface area contributed by atoms with Crippen LogP contribution in [0.15, 0.2) is 30.6 Å². The summed E-state index contributed by atoms with van der Waals surface area (Å²) >= 11 is 0. The predicted molar refractivity (Wildman–Crippen MR) is 86.4 cm³/mol. The Kier molecular flexibility index (Phi) is 13.7. The lowest BCUT2D eigenvalue weighted by atomic mass is 10.2. The molecule has 1 aromatic heterocycles. The smallest absolute Gasteiger partial charge is 0.159 e. The second kappa shape index (κ2) is 13.3. The molecule has 0 fully saturated rings. The average Bonchev–Trinajstić information content (AvgIpc) is 2.82. The molecule has 0 bridgehead atoms. The molecule has 0 unspecified atom stereocenters. The van der Waals surface area contributed by atoms with Crippen LogP contribution in [0.3, 0.4) is 0 Å². The molecule has 0 aliphatic rings. The van der Waals surface area contributed by atoms with E-state index < -0.39 is 11.6 Å². The van der Waals surface area contributed by atoms with E-state index in [0.29, 0.717) is 0 Å². The van der Waals surface area contributed by atoms with E-state index in [1.165, 1.54) is 18.1 Å². The van der Waals surface area contributed by atoms with Gasteiger partial charge in [-0.1, -0.05) is 40.2 Å². The van der Waals surface area contributed by atoms with Gasteiger partial charge < -0.3 is 0 Å². The highest BCUT2D eigenvalue weighted by Gasteiger charge is 1.97. The maximum Gasteiger partial charge on any atom is 0.159 e. The number of hydrogen-bond donors (Lipinski definition) is 0. The second-order valence-electron chi connectivity index (χ2n) is 4.32. The molecule has 0 saturated carbocycles. The fourth-order valence-electron chi connectivity index (χ4n) is 1.14. The van der Waals surface area contributed by atoms with Gasteiger partial charge in [-0.15, -0.1) is 0 Å². The van der Waals surface area contributed by atoms with E-state index in [0.717, 1.165) is 17.7 Å². The fraction of sp³-hybridized carbons (Fsp3) is 0.471. The summed E-state index contributed by atoms with van der Waals surface area (Å²) in [6, 6.07) is 3.80. The lowest BCUT2D eigenvalue weighted by Gasteiger charge is -1.91. The van der Waals surface area contributed by atoms with Gasteiger partial charge in [-0.05, 0) is 37.1 Å². The van der Waals surface area contributed by atoms with Gasteiger partial charge in [0.25, 0.3) is 0 Å². The van der Waals surface area contributed by atoms with Gasteiger partial charge in [0.2, 0.25) is 0 Å². The van der Waals surface area contributed by atoms with Gasteiger partial charge in [-0.2, -0.15) is 5.10 Å². The Morgan fingerprint density at radius 2 is 1.52 bits per heavy atom. The molecule has 2 rings (SSSR count). The molecule has 2 aromatic rings. The van der Waals surface area contributed by atoms with Crippen molar-refractivity contribution in [3.05, 3.63) is 53.4 Å². The normalized spacial score (nSPS) is 8.43. The van der Waals surface area contributed by atoms with Crippen molar-refractivity contribution in [1.82, 2.24) is 9.78 Å². The van der Waals surface area contributed by atoms with Crippen molar-refractivity contribution in [1.29, 1.82) is 0 Å². The first-order chi connectivity index (χ1) is 9.90. The lowest BCUT2D eigenvalue weighted by Crippen LogP contribution is -1.83. The Morgan fingerprint density at radius 3 is 1.76 bits per heavy atom. The number of hydrogen-bond acceptors (Lipinski definition) is 1. The summed E-state index contributed by atoms with van der Waals surface area (Å²) in [6.45, 7) is 12.0. The Hall–Kier alpha value is -1.71. The van der Waals surface area contributed by atoms with Gasteiger partial charge in [0.1, 0.15) is 0 Å². The predicted octanol–water partition coefficient (Wildman–Crippen LogP) is 5.44. The molecule has 0 amide bonds. The standard InChI is InChI=1S/C7H6F2.C5H8N2.C3H8.C2H6/c1-5-2-3-6(8)7(9)4-5;1-5-3-6-7(2)4-5;1-3-2;1-2/h2-4H,1H3;3-4H,1-2H3;3H2,1-2H3;1-2H3. The number of halogens is 2. The summed E-state index contributed by atoms with van der Waals surface area (Å²) in [5.74, 6) is -1.57. The average molecular weight is 298 g/mol. The molecule has 1 aromatic carbocycles. The minimum atomic E-state index is -0.791. The van der Waals surface area contributed by atoms with E-state index >= 15 is 0 Å². The molecule has 0 N–H and O–H groups in total. The minimum absolute atomic E-state index is 0.730. The third-order valence-corrected chi connectivity index (χ3v) is 1.91. The number of nitrogens with zero attached hydrogens (tertiary/aromatic N) is 2. The van der Waals surface area contributed by atoms with E-state index in [4.69, 9.17) is 0 Å². The van der Waals surface area contributed by atoms with Crippen LogP contribution in [0.25, 0.3) is 0 Å². The van der Waals surface area contributed by atoms with Crippen LogP contribution in [-0.4, -0.2) is 9.78 Å². The van der Waals surface area contributed by atoms with Crippen LogP contribution in [0, 0.1) is 25.5 Å². The van der Waals surface area contributed by atoms with Crippen molar-refractivity contribution in [3.63, 3.8) is 0 Å². The highest BCUT2D eigenvalue weighted by Crippen LogP contribution is 2.06. The lowest BCUT2D eigenvalue weighted by molar-refractivity contribution is 0.508. The Labute approximate surface area is 127 Å². The number of aromatic nitrogens is 2. The summed E-state index contributed by atoms with van der Waals surface area (Å²) in [5, 5.41) is 3.93. The maximum absolute atomic E-state index is 12.2. The summed E-state index contributed by atoms with van der Waals surface area (Å²) < 4.78 is 26.1. The van der Waals surface area contributed by atoms with Crippen LogP contribution in [0.1, 0.15) is 45.2 Å². The number of rotatable bonds is 0. The molecule has 21 heavy (non-hydrogen) atoms. The Balaban J connectivity index is 0. The Morgan fingerprint density at radius 1 is 1.00 bits per heavy atom. The zero-order chi connectivity index (χ0) is 16.8. The quantitative estimate of drug-likeness (QED) is 0.633. The van der Waals surface area contributed by atoms with E-state index in [1.807, 2.05) is 40.2 Å². The molecule has 0 spiro atoms. The highest BCUT2D eigenvalue weighted by atomic mass is 19.2. The second-order valence-corrected chi connectivity index (χ2v) is 4.32. The van der Waals surface area contributed by atoms with Crippen LogP contribution in [0.4, 0.5) is 8.78 Å². The summed E-state index contributed by atoms with van der Waals surface area (Å²) in [7, 11) is 1.91. The van der Waals surface area contributed by atoms with Crippen molar-refractivity contribution in [2.24, 2.45) is 7.05 Å². The van der Waals surface area contributed by atoms with Crippen molar-refractivity contribution in [2.75, 3.05) is 0 Å². The van der Waals surface area contributed by atoms with E-state index in [1.54, 1.807) is 11.6 Å². The zero-order valence-electron chi connectivity index (χ0n) is 14.2. The largest absolute Gasteiger partial charge is 0.276 e. The van der Waals surface area contributed by atoms with Crippen LogP contribution < -0.4 is 0 Å². The monoisotopic (exact) mass is 298 g/mol. The minimum Gasteiger partial charge on any atom is -0.276 e. The van der Waals surface area contributed by atoms with Crippen LogP contribution >= 0.6 is 0 Å². The summed E-state index contributed by atoms with van der Waals surface area (Å²) in [5.41, 5.74) is 1.94. The van der Waals surface area contributed by atoms with Crippen LogP contribution in [0.2, 0.25) is 0 Å². The number of benzene rings is 1. The van der Waals surface area contributed by atoms with Gasteiger partial charge in [0, 0.05) is 13.2 Å². The van der Waals surface area contributed by atoms with Gasteiger partial charge in [0.15, 0.2) is 11.6 Å². The summed E-state index contributed by atoms with van der Waals surface area (Å²) in [4.78, 5) is 0. The molecular formula is C17H28F2N2. The molecule has 0 atom stereocenters. The van der Waals surface area contributed by atoms with Crippen molar-refractivity contribution < 1.29 is 8.78 Å². The molecule has 0 saturated heterocycles. The van der Waals surface area contributed by atoms with Gasteiger partial charge in [-0.25, -0.2) is 8.78 Å². The van der Waals surface area contributed by atoms with Crippen molar-refractivity contribution in [2.45, 2.75) is 48.0 Å². The molecule has 0 radical (unpaired) electrons.